The maximum atomic E-state index is 13.8. The molecule has 49 heavy (non-hydrogen) atoms. The molecule has 4 rings (SSSR count). The van der Waals surface area contributed by atoms with Crippen molar-refractivity contribution < 1.29 is 32.9 Å². The molecule has 11 heteroatoms. The molecule has 10 nitrogen and oxygen atoms in total. The van der Waals surface area contributed by atoms with Crippen LogP contribution >= 0.6 is 0 Å². The second kappa shape index (κ2) is 18.5. The first-order valence-corrected chi connectivity index (χ1v) is 19.2. The second-order valence-electron chi connectivity index (χ2n) is 13.3. The topological polar surface area (TPSA) is 121 Å². The van der Waals surface area contributed by atoms with Crippen molar-refractivity contribution >= 4 is 14.3 Å². The first-order valence-electron chi connectivity index (χ1n) is 17.0. The number of nitrogens with zero attached hydrogens (tertiary/aromatic N) is 3. The molecule has 1 fully saturated rings. The van der Waals surface area contributed by atoms with Gasteiger partial charge in [0, 0.05) is 12.0 Å². The van der Waals surface area contributed by atoms with E-state index < -0.39 is 45.0 Å². The van der Waals surface area contributed by atoms with Gasteiger partial charge in [-0.1, -0.05) is 126 Å². The molecule has 5 atom stereocenters. The van der Waals surface area contributed by atoms with Gasteiger partial charge in [0.2, 0.25) is 0 Å². The van der Waals surface area contributed by atoms with Gasteiger partial charge in [0.1, 0.15) is 18.3 Å². The number of carbonyl (C=O) groups excluding carboxylic acids is 1. The van der Waals surface area contributed by atoms with Gasteiger partial charge in [-0.25, -0.2) is 4.79 Å². The van der Waals surface area contributed by atoms with Gasteiger partial charge in [0.25, 0.3) is 0 Å². The normalized spacial score (nSPS) is 21.1. The number of rotatable bonds is 17. The lowest BCUT2D eigenvalue weighted by Crippen LogP contribution is -2.63. The molecule has 0 saturated carbocycles. The highest BCUT2D eigenvalue weighted by Crippen LogP contribution is 2.43. The minimum atomic E-state index is -2.30. The fourth-order valence-corrected chi connectivity index (χ4v) is 12.6. The van der Waals surface area contributed by atoms with Gasteiger partial charge in [0.05, 0.1) is 31.9 Å². The number of hydrogen-bond acceptors (Lipinski definition) is 8. The molecule has 0 aliphatic carbocycles. The lowest BCUT2D eigenvalue weighted by molar-refractivity contribution is -0.309. The predicted molar refractivity (Wildman–Crippen MR) is 191 cm³/mol. The van der Waals surface area contributed by atoms with Crippen molar-refractivity contribution in [3.8, 4) is 0 Å². The summed E-state index contributed by atoms with van der Waals surface area (Å²) in [6.45, 7) is 14.3. The van der Waals surface area contributed by atoms with Crippen molar-refractivity contribution in [2.24, 2.45) is 5.11 Å². The first kappa shape index (κ1) is 38.3. The van der Waals surface area contributed by atoms with Crippen LogP contribution in [0.4, 0.5) is 0 Å². The summed E-state index contributed by atoms with van der Waals surface area (Å²) in [5.41, 5.74) is 12.8. The number of methoxy groups -OCH3 is 1. The Morgan fingerprint density at radius 3 is 1.86 bits per heavy atom. The summed E-state index contributed by atoms with van der Waals surface area (Å²) >= 11 is 0. The van der Waals surface area contributed by atoms with Crippen molar-refractivity contribution in [3.05, 3.63) is 118 Å². The van der Waals surface area contributed by atoms with Gasteiger partial charge in [-0.05, 0) is 44.9 Å². The largest absolute Gasteiger partial charge is 0.450 e. The van der Waals surface area contributed by atoms with Crippen LogP contribution in [0.5, 0.6) is 0 Å². The summed E-state index contributed by atoms with van der Waals surface area (Å²) in [6, 6.07) is 26.6. The molecule has 3 aromatic carbocycles. The molecule has 0 spiro atoms. The van der Waals surface area contributed by atoms with E-state index in [9.17, 15) is 4.79 Å². The second-order valence-corrected chi connectivity index (χ2v) is 18.8. The van der Waals surface area contributed by atoms with Crippen LogP contribution in [-0.4, -0.2) is 58.7 Å². The van der Waals surface area contributed by atoms with Gasteiger partial charge in [-0.15, -0.1) is 0 Å². The quantitative estimate of drug-likeness (QED) is 0.0457. The summed E-state index contributed by atoms with van der Waals surface area (Å²) in [6.07, 6.45) is -4.06. The molecule has 0 aromatic heterocycles. The third-order valence-electron chi connectivity index (χ3n) is 9.38. The first-order chi connectivity index (χ1) is 23.6. The number of ether oxygens (including phenoxy) is 5. The lowest BCUT2D eigenvalue weighted by atomic mass is 9.97. The van der Waals surface area contributed by atoms with E-state index in [-0.39, 0.29) is 31.9 Å². The van der Waals surface area contributed by atoms with Crippen LogP contribution in [0, 0.1) is 0 Å². The van der Waals surface area contributed by atoms with Crippen molar-refractivity contribution in [2.75, 3.05) is 13.7 Å². The van der Waals surface area contributed by atoms with E-state index in [1.807, 2.05) is 60.7 Å². The van der Waals surface area contributed by atoms with Gasteiger partial charge >= 0.3 is 5.97 Å². The van der Waals surface area contributed by atoms with E-state index >= 15 is 0 Å². The average Bonchev–Trinajstić information content (AvgIpc) is 3.10. The van der Waals surface area contributed by atoms with E-state index in [0.29, 0.717) is 22.2 Å². The van der Waals surface area contributed by atoms with Crippen molar-refractivity contribution in [3.63, 3.8) is 0 Å². The Morgan fingerprint density at radius 2 is 1.33 bits per heavy atom. The van der Waals surface area contributed by atoms with E-state index in [4.69, 9.17) is 33.6 Å². The maximum absolute atomic E-state index is 13.8. The smallest absolute Gasteiger partial charge is 0.338 e. The van der Waals surface area contributed by atoms with Crippen molar-refractivity contribution in [1.82, 2.24) is 0 Å². The molecular formula is C38H51N3O7Si. The number of esters is 1. The number of hydrogen-bond donors (Lipinski definition) is 0. The highest BCUT2D eigenvalue weighted by molar-refractivity contribution is 6.77. The van der Waals surface area contributed by atoms with Gasteiger partial charge in [0.15, 0.2) is 20.7 Å². The molecule has 0 N–H and O–H groups in total. The highest BCUT2D eigenvalue weighted by Gasteiger charge is 2.52. The average molecular weight is 690 g/mol. The molecule has 0 amide bonds. The molecule has 1 saturated heterocycles. The SMILES string of the molecule is CO[C@@H]1O[C@H](CO[Si](C(C)C)(C(C)C)C(C)C)[C@@H](OCc2ccccc2)[C@H](OCc2ccccc2)[C@H]1OC(=O)c1ccccc1CN=[N+]=[N-]. The van der Waals surface area contributed by atoms with Crippen LogP contribution in [0.1, 0.15) is 68.6 Å². The van der Waals surface area contributed by atoms with Gasteiger partial charge in [-0.3, -0.25) is 0 Å². The van der Waals surface area contributed by atoms with Crippen LogP contribution in [0.15, 0.2) is 90.0 Å². The van der Waals surface area contributed by atoms with E-state index in [1.165, 1.54) is 7.11 Å². The third-order valence-corrected chi connectivity index (χ3v) is 15.5. The number of carbonyl (C=O) groups is 1. The zero-order chi connectivity index (χ0) is 35.4. The minimum absolute atomic E-state index is 0.000000662. The molecule has 1 aliphatic heterocycles. The summed E-state index contributed by atoms with van der Waals surface area (Å²) in [5, 5.41) is 3.66. The molecule has 0 unspecified atom stereocenters. The molecule has 1 aliphatic rings. The van der Waals surface area contributed by atoms with Crippen molar-refractivity contribution in [2.45, 2.75) is 109 Å². The molecule has 3 aromatic rings. The Labute approximate surface area is 291 Å². The van der Waals surface area contributed by atoms with Gasteiger partial charge < -0.3 is 28.1 Å². The Hall–Kier alpha value is -3.54. The Kier molecular flexibility index (Phi) is 14.4. The van der Waals surface area contributed by atoms with Crippen LogP contribution in [-0.2, 0) is 47.9 Å². The molecule has 264 valence electrons. The predicted octanol–water partition coefficient (Wildman–Crippen LogP) is 8.76. The Balaban J connectivity index is 1.73. The molecule has 0 radical (unpaired) electrons. The van der Waals surface area contributed by atoms with Gasteiger partial charge in [-0.2, -0.15) is 0 Å². The highest BCUT2D eigenvalue weighted by atomic mass is 28.4. The zero-order valence-electron chi connectivity index (χ0n) is 29.7. The standard InChI is InChI=1S/C38H51N3O7Si/c1-26(2)49(27(3)4,28(5)6)46-25-33-34(44-23-29-16-10-8-11-17-29)35(45-24-30-18-12-9-13-19-30)36(38(43-7)47-33)48-37(42)32-21-15-14-20-31(32)22-40-41-39/h8-21,26-28,33-36,38H,22-25H2,1-7H3/t33-,34-,35+,36-,38-/m1/s1. The molecular weight excluding hydrogens is 639 g/mol. The molecule has 1 heterocycles. The monoisotopic (exact) mass is 689 g/mol. The fraction of sp³-hybridized carbons (Fsp3) is 0.500. The Bertz CT molecular complexity index is 1480. The zero-order valence-corrected chi connectivity index (χ0v) is 30.7. The number of benzene rings is 3. The van der Waals surface area contributed by atoms with E-state index in [0.717, 1.165) is 11.1 Å². The Morgan fingerprint density at radius 1 is 0.796 bits per heavy atom. The lowest BCUT2D eigenvalue weighted by Gasteiger charge is -2.47. The fourth-order valence-electron chi connectivity index (χ4n) is 7.13. The third kappa shape index (κ3) is 9.58. The summed E-state index contributed by atoms with van der Waals surface area (Å²) in [4.78, 5) is 16.7. The summed E-state index contributed by atoms with van der Waals surface area (Å²) in [5.74, 6) is -0.616. The summed E-state index contributed by atoms with van der Waals surface area (Å²) < 4.78 is 39.2. The summed E-state index contributed by atoms with van der Waals surface area (Å²) in [7, 11) is -0.773. The molecule has 0 bridgehead atoms. The van der Waals surface area contributed by atoms with Crippen LogP contribution in [0.25, 0.3) is 10.4 Å². The van der Waals surface area contributed by atoms with Crippen LogP contribution < -0.4 is 0 Å². The van der Waals surface area contributed by atoms with E-state index in [1.54, 1.807) is 24.3 Å². The number of azide groups is 1. The van der Waals surface area contributed by atoms with Crippen LogP contribution in [0.2, 0.25) is 16.6 Å². The van der Waals surface area contributed by atoms with E-state index in [2.05, 4.69) is 51.6 Å². The van der Waals surface area contributed by atoms with Crippen molar-refractivity contribution in [1.29, 1.82) is 0 Å². The maximum Gasteiger partial charge on any atom is 0.338 e. The van der Waals surface area contributed by atoms with Crippen LogP contribution in [0.3, 0.4) is 0 Å². The minimum Gasteiger partial charge on any atom is -0.450 e.